The van der Waals surface area contributed by atoms with Gasteiger partial charge >= 0.3 is 0 Å². The Morgan fingerprint density at radius 1 is 1.21 bits per heavy atom. The lowest BCUT2D eigenvalue weighted by atomic mass is 10.2. The van der Waals surface area contributed by atoms with Gasteiger partial charge in [-0.05, 0) is 25.5 Å². The SMILES string of the molecule is CCN(CCNCCS(C)(=O)=O)c1ccccc1C. The molecule has 0 bridgehead atoms. The number of nitrogens with zero attached hydrogens (tertiary/aromatic N) is 1. The number of sulfone groups is 1. The van der Waals surface area contributed by atoms with E-state index in [1.807, 2.05) is 12.1 Å². The zero-order valence-corrected chi connectivity index (χ0v) is 12.8. The first-order valence-electron chi connectivity index (χ1n) is 6.63. The van der Waals surface area contributed by atoms with E-state index in [-0.39, 0.29) is 5.75 Å². The maximum absolute atomic E-state index is 11.0. The van der Waals surface area contributed by atoms with Crippen LogP contribution in [-0.2, 0) is 9.84 Å². The van der Waals surface area contributed by atoms with E-state index in [0.29, 0.717) is 6.54 Å². The van der Waals surface area contributed by atoms with Crippen molar-refractivity contribution in [2.24, 2.45) is 0 Å². The number of likely N-dealkylation sites (N-methyl/N-ethyl adjacent to an activating group) is 1. The standard InChI is InChI=1S/C14H24N2O2S/c1-4-16(14-8-6-5-7-13(14)2)11-9-15-10-12-19(3,17)18/h5-8,15H,4,9-12H2,1-3H3. The second-order valence-electron chi connectivity index (χ2n) is 4.75. The van der Waals surface area contributed by atoms with Crippen LogP contribution >= 0.6 is 0 Å². The number of hydrogen-bond donors (Lipinski definition) is 1. The molecule has 0 fully saturated rings. The molecule has 0 atom stereocenters. The molecule has 0 saturated carbocycles. The van der Waals surface area contributed by atoms with E-state index in [2.05, 4.69) is 36.2 Å². The van der Waals surface area contributed by atoms with Crippen LogP contribution in [0.4, 0.5) is 5.69 Å². The predicted octanol–water partition coefficient (Wildman–Crippen LogP) is 1.46. The minimum Gasteiger partial charge on any atom is -0.370 e. The number of para-hydroxylation sites is 1. The first-order valence-corrected chi connectivity index (χ1v) is 8.69. The highest BCUT2D eigenvalue weighted by Gasteiger charge is 2.06. The van der Waals surface area contributed by atoms with Crippen LogP contribution in [0.3, 0.4) is 0 Å². The van der Waals surface area contributed by atoms with Crippen molar-refractivity contribution in [3.8, 4) is 0 Å². The first-order chi connectivity index (χ1) is 8.94. The minimum atomic E-state index is -2.87. The second-order valence-corrected chi connectivity index (χ2v) is 7.01. The third-order valence-corrected chi connectivity index (χ3v) is 3.99. The molecule has 0 unspecified atom stereocenters. The van der Waals surface area contributed by atoms with Gasteiger partial charge in [0.05, 0.1) is 5.75 Å². The highest BCUT2D eigenvalue weighted by molar-refractivity contribution is 7.90. The number of aryl methyl sites for hydroxylation is 1. The van der Waals surface area contributed by atoms with Crippen LogP contribution in [0, 0.1) is 6.92 Å². The summed E-state index contributed by atoms with van der Waals surface area (Å²) in [7, 11) is -2.87. The summed E-state index contributed by atoms with van der Waals surface area (Å²) in [6, 6.07) is 8.31. The van der Waals surface area contributed by atoms with Gasteiger partial charge in [-0.1, -0.05) is 18.2 Å². The molecule has 0 heterocycles. The van der Waals surface area contributed by atoms with Crippen LogP contribution in [-0.4, -0.2) is 46.6 Å². The molecule has 1 aromatic carbocycles. The Kier molecular flexibility index (Phi) is 6.31. The van der Waals surface area contributed by atoms with E-state index in [4.69, 9.17) is 0 Å². The van der Waals surface area contributed by atoms with Gasteiger partial charge in [-0.25, -0.2) is 8.42 Å². The smallest absolute Gasteiger partial charge is 0.148 e. The van der Waals surface area contributed by atoms with E-state index < -0.39 is 9.84 Å². The molecular weight excluding hydrogens is 260 g/mol. The van der Waals surface area contributed by atoms with Gasteiger partial charge in [-0.3, -0.25) is 0 Å². The third kappa shape index (κ3) is 6.07. The van der Waals surface area contributed by atoms with Crippen molar-refractivity contribution in [3.05, 3.63) is 29.8 Å². The Bertz CT molecular complexity index is 486. The van der Waals surface area contributed by atoms with Gasteiger partial charge in [0.15, 0.2) is 0 Å². The van der Waals surface area contributed by atoms with Crippen molar-refractivity contribution in [3.63, 3.8) is 0 Å². The summed E-state index contributed by atoms with van der Waals surface area (Å²) >= 11 is 0. The zero-order valence-electron chi connectivity index (χ0n) is 12.0. The monoisotopic (exact) mass is 284 g/mol. The molecule has 0 saturated heterocycles. The number of hydrogen-bond acceptors (Lipinski definition) is 4. The van der Waals surface area contributed by atoms with Gasteiger partial charge in [0.2, 0.25) is 0 Å². The topological polar surface area (TPSA) is 49.4 Å². The van der Waals surface area contributed by atoms with Crippen LogP contribution in [0.25, 0.3) is 0 Å². The summed E-state index contributed by atoms with van der Waals surface area (Å²) in [6.45, 7) is 7.36. The first kappa shape index (κ1) is 16.0. The van der Waals surface area contributed by atoms with Crippen molar-refractivity contribution in [1.82, 2.24) is 5.32 Å². The average Bonchev–Trinajstić information content (AvgIpc) is 2.34. The van der Waals surface area contributed by atoms with Gasteiger partial charge in [0.1, 0.15) is 9.84 Å². The van der Waals surface area contributed by atoms with Crippen LogP contribution in [0.1, 0.15) is 12.5 Å². The van der Waals surface area contributed by atoms with Crippen molar-refractivity contribution in [2.75, 3.05) is 43.1 Å². The molecular formula is C14H24N2O2S. The second kappa shape index (κ2) is 7.50. The van der Waals surface area contributed by atoms with E-state index >= 15 is 0 Å². The summed E-state index contributed by atoms with van der Waals surface area (Å²) < 4.78 is 22.0. The normalized spacial score (nSPS) is 11.5. The number of nitrogens with one attached hydrogen (secondary N) is 1. The fraction of sp³-hybridized carbons (Fsp3) is 0.571. The van der Waals surface area contributed by atoms with Gasteiger partial charge in [0, 0.05) is 38.1 Å². The Morgan fingerprint density at radius 3 is 2.47 bits per heavy atom. The Balaban J connectivity index is 2.40. The maximum atomic E-state index is 11.0. The number of anilines is 1. The number of benzene rings is 1. The summed E-state index contributed by atoms with van der Waals surface area (Å²) in [6.07, 6.45) is 1.26. The van der Waals surface area contributed by atoms with Crippen LogP contribution in [0.15, 0.2) is 24.3 Å². The molecule has 4 nitrogen and oxygen atoms in total. The van der Waals surface area contributed by atoms with Crippen molar-refractivity contribution in [2.45, 2.75) is 13.8 Å². The molecule has 19 heavy (non-hydrogen) atoms. The molecule has 5 heteroatoms. The number of rotatable bonds is 8. The van der Waals surface area contributed by atoms with Gasteiger partial charge < -0.3 is 10.2 Å². The molecule has 0 aliphatic heterocycles. The molecule has 0 aliphatic carbocycles. The fourth-order valence-electron chi connectivity index (χ4n) is 1.96. The quantitative estimate of drug-likeness (QED) is 0.734. The summed E-state index contributed by atoms with van der Waals surface area (Å²) in [5, 5.41) is 3.18. The average molecular weight is 284 g/mol. The largest absolute Gasteiger partial charge is 0.370 e. The Morgan fingerprint density at radius 2 is 1.89 bits per heavy atom. The van der Waals surface area contributed by atoms with Crippen molar-refractivity contribution in [1.29, 1.82) is 0 Å². The molecule has 1 aromatic rings. The lowest BCUT2D eigenvalue weighted by Gasteiger charge is -2.25. The third-order valence-electron chi connectivity index (χ3n) is 3.05. The molecule has 0 radical (unpaired) electrons. The Hall–Kier alpha value is -1.07. The van der Waals surface area contributed by atoms with E-state index in [9.17, 15) is 8.42 Å². The summed E-state index contributed by atoms with van der Waals surface area (Å²) in [4.78, 5) is 2.29. The van der Waals surface area contributed by atoms with Gasteiger partial charge in [0.25, 0.3) is 0 Å². The van der Waals surface area contributed by atoms with E-state index in [1.54, 1.807) is 0 Å². The van der Waals surface area contributed by atoms with E-state index in [1.165, 1.54) is 17.5 Å². The molecule has 1 rings (SSSR count). The fourth-order valence-corrected chi connectivity index (χ4v) is 2.48. The molecule has 1 N–H and O–H groups in total. The van der Waals surface area contributed by atoms with E-state index in [0.717, 1.165) is 19.6 Å². The lowest BCUT2D eigenvalue weighted by molar-refractivity contribution is 0.596. The molecule has 0 amide bonds. The zero-order chi connectivity index (χ0) is 14.3. The molecule has 108 valence electrons. The minimum absolute atomic E-state index is 0.198. The molecule has 0 aromatic heterocycles. The van der Waals surface area contributed by atoms with Crippen LogP contribution in [0.5, 0.6) is 0 Å². The van der Waals surface area contributed by atoms with Gasteiger partial charge in [-0.15, -0.1) is 0 Å². The van der Waals surface area contributed by atoms with Crippen LogP contribution in [0.2, 0.25) is 0 Å². The Labute approximate surface area is 116 Å². The highest BCUT2D eigenvalue weighted by atomic mass is 32.2. The predicted molar refractivity (Wildman–Crippen MR) is 81.6 cm³/mol. The summed E-state index contributed by atoms with van der Waals surface area (Å²) in [5.74, 6) is 0.198. The lowest BCUT2D eigenvalue weighted by Crippen LogP contribution is -2.34. The summed E-state index contributed by atoms with van der Waals surface area (Å²) in [5.41, 5.74) is 2.51. The van der Waals surface area contributed by atoms with Gasteiger partial charge in [-0.2, -0.15) is 0 Å². The van der Waals surface area contributed by atoms with Crippen molar-refractivity contribution >= 4 is 15.5 Å². The molecule has 0 spiro atoms. The molecule has 0 aliphatic rings. The highest BCUT2D eigenvalue weighted by Crippen LogP contribution is 2.18. The van der Waals surface area contributed by atoms with Crippen molar-refractivity contribution < 1.29 is 8.42 Å². The van der Waals surface area contributed by atoms with Crippen LogP contribution < -0.4 is 10.2 Å². The maximum Gasteiger partial charge on any atom is 0.148 e.